The molecule has 1 heterocycles. The van der Waals surface area contributed by atoms with E-state index in [1.165, 1.54) is 5.30 Å². The minimum absolute atomic E-state index is 0.293. The summed E-state index contributed by atoms with van der Waals surface area (Å²) in [4.78, 5) is 10.1. The molecule has 11 heavy (non-hydrogen) atoms. The van der Waals surface area contributed by atoms with E-state index in [-0.39, 0.29) is 0 Å². The number of aryl methyl sites for hydroxylation is 1. The number of rotatable bonds is 4. The van der Waals surface area contributed by atoms with E-state index in [0.717, 1.165) is 21.0 Å². The lowest BCUT2D eigenvalue weighted by atomic mass is 10.2. The van der Waals surface area contributed by atoms with Gasteiger partial charge in [-0.2, -0.15) is 0 Å². The zero-order chi connectivity index (χ0) is 8.10. The van der Waals surface area contributed by atoms with Crippen molar-refractivity contribution in [3.63, 3.8) is 0 Å². The van der Waals surface area contributed by atoms with E-state index < -0.39 is 5.97 Å². The molecular formula is C8H11O2P. The van der Waals surface area contributed by atoms with Gasteiger partial charge in [-0.25, -0.2) is 0 Å². The second kappa shape index (κ2) is 4.20. The summed E-state index contributed by atoms with van der Waals surface area (Å²) in [5.41, 5.74) is 0. The molecule has 1 atom stereocenters. The van der Waals surface area contributed by atoms with Crippen LogP contribution in [-0.4, -0.2) is 11.1 Å². The molecule has 0 spiro atoms. The van der Waals surface area contributed by atoms with Crippen molar-refractivity contribution < 1.29 is 9.90 Å². The molecule has 1 N–H and O–H groups in total. The molecule has 0 fully saturated rings. The van der Waals surface area contributed by atoms with Gasteiger partial charge in [0.1, 0.15) is 0 Å². The number of carboxylic acid groups (broad SMARTS) is 1. The maximum atomic E-state index is 10.1. The molecule has 0 aliphatic carbocycles. The Morgan fingerprint density at radius 3 is 3.00 bits per heavy atom. The fourth-order valence-corrected chi connectivity index (χ4v) is 1.87. The van der Waals surface area contributed by atoms with Gasteiger partial charge in [0.25, 0.3) is 0 Å². The highest BCUT2D eigenvalue weighted by Gasteiger charge is 1.97. The van der Waals surface area contributed by atoms with Gasteiger partial charge in [-0.3, -0.25) is 4.79 Å². The smallest absolute Gasteiger partial charge is 0.303 e. The number of hydrogen-bond acceptors (Lipinski definition) is 1. The van der Waals surface area contributed by atoms with Crippen molar-refractivity contribution in [2.24, 2.45) is 0 Å². The predicted octanol–water partition coefficient (Wildman–Crippen LogP) is 2.13. The summed E-state index contributed by atoms with van der Waals surface area (Å²) < 4.78 is 0. The number of carboxylic acids is 1. The summed E-state index contributed by atoms with van der Waals surface area (Å²) >= 11 is 0. The lowest BCUT2D eigenvalue weighted by Crippen LogP contribution is -1.94. The van der Waals surface area contributed by atoms with Crippen LogP contribution in [0.2, 0.25) is 0 Å². The summed E-state index contributed by atoms with van der Waals surface area (Å²) in [6, 6.07) is 4.12. The Morgan fingerprint density at radius 2 is 2.45 bits per heavy atom. The molecule has 1 aromatic rings. The van der Waals surface area contributed by atoms with Gasteiger partial charge in [-0.15, -0.1) is 8.19 Å². The highest BCUT2D eigenvalue weighted by Crippen LogP contribution is 2.16. The van der Waals surface area contributed by atoms with Crippen LogP contribution in [0, 0.1) is 0 Å². The van der Waals surface area contributed by atoms with Crippen LogP contribution in [0.25, 0.3) is 0 Å². The molecule has 1 rings (SSSR count). The van der Waals surface area contributed by atoms with Crippen LogP contribution in [0.4, 0.5) is 0 Å². The van der Waals surface area contributed by atoms with Crippen molar-refractivity contribution in [2.75, 3.05) is 0 Å². The Balaban J connectivity index is 2.19. The van der Waals surface area contributed by atoms with E-state index >= 15 is 0 Å². The molecule has 0 aliphatic heterocycles. The van der Waals surface area contributed by atoms with Gasteiger partial charge in [-0.05, 0) is 23.9 Å². The first kappa shape index (κ1) is 8.35. The zero-order valence-electron chi connectivity index (χ0n) is 6.21. The maximum Gasteiger partial charge on any atom is 0.303 e. The second-order valence-electron chi connectivity index (χ2n) is 2.44. The molecular weight excluding hydrogens is 159 g/mol. The summed E-state index contributed by atoms with van der Waals surface area (Å²) in [5.74, 6) is 1.43. The van der Waals surface area contributed by atoms with Gasteiger partial charge in [-0.1, -0.05) is 12.1 Å². The van der Waals surface area contributed by atoms with Gasteiger partial charge in [0.2, 0.25) is 0 Å². The van der Waals surface area contributed by atoms with Crippen LogP contribution >= 0.6 is 8.19 Å². The number of carbonyl (C=O) groups is 1. The van der Waals surface area contributed by atoms with Gasteiger partial charge in [0, 0.05) is 6.42 Å². The molecule has 1 aromatic heterocycles. The maximum absolute atomic E-state index is 10.1. The lowest BCUT2D eigenvalue weighted by molar-refractivity contribution is -0.137. The SMILES string of the molecule is O=C(O)CCCc1ccc[pH]1. The quantitative estimate of drug-likeness (QED) is 0.751. The molecule has 0 aromatic carbocycles. The van der Waals surface area contributed by atoms with Crippen LogP contribution < -0.4 is 0 Å². The van der Waals surface area contributed by atoms with E-state index in [4.69, 9.17) is 5.11 Å². The van der Waals surface area contributed by atoms with Crippen LogP contribution in [0.5, 0.6) is 0 Å². The Morgan fingerprint density at radius 1 is 1.64 bits per heavy atom. The normalized spacial score (nSPS) is 10.5. The summed E-state index contributed by atoms with van der Waals surface area (Å²) in [6.45, 7) is 0. The second-order valence-corrected chi connectivity index (χ2v) is 3.71. The van der Waals surface area contributed by atoms with E-state index in [9.17, 15) is 4.79 Å². The molecule has 0 aliphatic rings. The molecule has 3 heteroatoms. The van der Waals surface area contributed by atoms with Gasteiger partial charge < -0.3 is 5.11 Å². The average Bonchev–Trinajstić information content (AvgIpc) is 2.39. The van der Waals surface area contributed by atoms with Gasteiger partial charge in [0.15, 0.2) is 0 Å². The van der Waals surface area contributed by atoms with Gasteiger partial charge in [0.05, 0.1) is 0 Å². The summed E-state index contributed by atoms with van der Waals surface area (Å²) in [5, 5.41) is 9.74. The van der Waals surface area contributed by atoms with E-state index in [2.05, 4.69) is 11.9 Å². The van der Waals surface area contributed by atoms with Crippen LogP contribution in [-0.2, 0) is 11.2 Å². The Hall–Kier alpha value is -0.750. The van der Waals surface area contributed by atoms with Crippen LogP contribution in [0.1, 0.15) is 18.1 Å². The Bertz CT molecular complexity index is 216. The lowest BCUT2D eigenvalue weighted by Gasteiger charge is -1.93. The summed E-state index contributed by atoms with van der Waals surface area (Å²) in [7, 11) is 0.791. The standard InChI is InChI=1S/C8H11O2P/c9-8(10)5-1-3-7-4-2-6-11-7/h2,4,6,11H,1,3,5H2,(H,9,10). The largest absolute Gasteiger partial charge is 0.481 e. The number of hydrogen-bond donors (Lipinski definition) is 1. The van der Waals surface area contributed by atoms with Crippen molar-refractivity contribution in [2.45, 2.75) is 19.3 Å². The third-order valence-electron chi connectivity index (χ3n) is 1.50. The van der Waals surface area contributed by atoms with Crippen molar-refractivity contribution in [1.82, 2.24) is 0 Å². The first-order valence-corrected chi connectivity index (χ1v) is 4.71. The monoisotopic (exact) mass is 170 g/mol. The topological polar surface area (TPSA) is 37.3 Å². The first-order chi connectivity index (χ1) is 5.29. The van der Waals surface area contributed by atoms with Crippen molar-refractivity contribution in [1.29, 1.82) is 0 Å². The minimum atomic E-state index is -0.695. The summed E-state index contributed by atoms with van der Waals surface area (Å²) in [6.07, 6.45) is 2.01. The average molecular weight is 170 g/mol. The van der Waals surface area contributed by atoms with Crippen molar-refractivity contribution >= 4 is 14.2 Å². The van der Waals surface area contributed by atoms with E-state index in [0.29, 0.717) is 6.42 Å². The van der Waals surface area contributed by atoms with E-state index in [1.807, 2.05) is 6.07 Å². The molecule has 0 saturated heterocycles. The van der Waals surface area contributed by atoms with E-state index in [1.54, 1.807) is 0 Å². The molecule has 0 amide bonds. The first-order valence-electron chi connectivity index (χ1n) is 3.63. The molecule has 0 radical (unpaired) electrons. The predicted molar refractivity (Wildman–Crippen MR) is 46.5 cm³/mol. The molecule has 0 saturated carbocycles. The van der Waals surface area contributed by atoms with Gasteiger partial charge >= 0.3 is 5.97 Å². The van der Waals surface area contributed by atoms with Crippen molar-refractivity contribution in [3.8, 4) is 0 Å². The van der Waals surface area contributed by atoms with Crippen molar-refractivity contribution in [3.05, 3.63) is 23.2 Å². The molecule has 60 valence electrons. The third-order valence-corrected chi connectivity index (χ3v) is 2.65. The number of aliphatic carboxylic acids is 1. The fourth-order valence-electron chi connectivity index (χ4n) is 0.953. The van der Waals surface area contributed by atoms with Crippen LogP contribution in [0.3, 0.4) is 0 Å². The molecule has 2 nitrogen and oxygen atoms in total. The molecule has 1 unspecified atom stereocenters. The zero-order valence-corrected chi connectivity index (χ0v) is 7.21. The molecule has 0 bridgehead atoms. The Kier molecular flexibility index (Phi) is 3.18. The highest BCUT2D eigenvalue weighted by molar-refractivity contribution is 7.30. The highest BCUT2D eigenvalue weighted by atomic mass is 31.0. The fraction of sp³-hybridized carbons (Fsp3) is 0.375. The third kappa shape index (κ3) is 3.24. The minimum Gasteiger partial charge on any atom is -0.481 e. The van der Waals surface area contributed by atoms with Crippen LogP contribution in [0.15, 0.2) is 17.9 Å². The Labute approximate surface area is 67.3 Å².